The molecule has 3 N–H and O–H groups in total. The third kappa shape index (κ3) is 4.24. The molecule has 0 aliphatic heterocycles. The van der Waals surface area contributed by atoms with Crippen LogP contribution in [0, 0.1) is 0 Å². The monoisotopic (exact) mass is 239 g/mol. The lowest BCUT2D eigenvalue weighted by atomic mass is 10.2. The summed E-state index contributed by atoms with van der Waals surface area (Å²) in [7, 11) is 0. The van der Waals surface area contributed by atoms with E-state index in [2.05, 4.69) is 0 Å². The standard InChI is InChI=1S/C13H21NO3/c1-3-8-16-11-6-4-5-7-12(11)17-13(9-15)10(2)14/h4-7,10,13,15H,3,8-9,14H2,1-2H3. The molecule has 0 bridgehead atoms. The molecule has 0 amide bonds. The van der Waals surface area contributed by atoms with Crippen molar-refractivity contribution < 1.29 is 14.6 Å². The van der Waals surface area contributed by atoms with Crippen molar-refractivity contribution in [3.8, 4) is 11.5 Å². The zero-order valence-electron chi connectivity index (χ0n) is 10.4. The average Bonchev–Trinajstić information content (AvgIpc) is 2.34. The highest BCUT2D eigenvalue weighted by molar-refractivity contribution is 5.39. The van der Waals surface area contributed by atoms with Gasteiger partial charge in [0.1, 0.15) is 6.10 Å². The van der Waals surface area contributed by atoms with Crippen molar-refractivity contribution in [3.63, 3.8) is 0 Å². The van der Waals surface area contributed by atoms with Crippen LogP contribution in [0.3, 0.4) is 0 Å². The molecule has 1 rings (SSSR count). The van der Waals surface area contributed by atoms with E-state index in [1.807, 2.05) is 31.2 Å². The lowest BCUT2D eigenvalue weighted by molar-refractivity contribution is 0.0952. The van der Waals surface area contributed by atoms with E-state index in [-0.39, 0.29) is 12.6 Å². The van der Waals surface area contributed by atoms with Crippen molar-refractivity contribution in [1.82, 2.24) is 0 Å². The third-order valence-electron chi connectivity index (χ3n) is 2.36. The van der Waals surface area contributed by atoms with Crippen LogP contribution in [0.15, 0.2) is 24.3 Å². The van der Waals surface area contributed by atoms with Gasteiger partial charge in [0.15, 0.2) is 11.5 Å². The molecule has 0 saturated heterocycles. The minimum atomic E-state index is -0.415. The Hall–Kier alpha value is -1.26. The first-order valence-corrected chi connectivity index (χ1v) is 5.94. The van der Waals surface area contributed by atoms with Crippen LogP contribution >= 0.6 is 0 Å². The van der Waals surface area contributed by atoms with Crippen LogP contribution in [0.4, 0.5) is 0 Å². The summed E-state index contributed by atoms with van der Waals surface area (Å²) in [6.07, 6.45) is 0.520. The highest BCUT2D eigenvalue weighted by Gasteiger charge is 2.16. The normalized spacial score (nSPS) is 14.1. The second-order valence-corrected chi connectivity index (χ2v) is 3.99. The van der Waals surface area contributed by atoms with Gasteiger partial charge in [0.05, 0.1) is 13.2 Å². The van der Waals surface area contributed by atoms with Crippen molar-refractivity contribution in [3.05, 3.63) is 24.3 Å². The van der Waals surface area contributed by atoms with Crippen molar-refractivity contribution in [2.24, 2.45) is 5.73 Å². The maximum atomic E-state index is 9.18. The quantitative estimate of drug-likeness (QED) is 0.758. The minimum absolute atomic E-state index is 0.111. The predicted molar refractivity (Wildman–Crippen MR) is 67.4 cm³/mol. The van der Waals surface area contributed by atoms with E-state index in [4.69, 9.17) is 15.2 Å². The number of nitrogens with two attached hydrogens (primary N) is 1. The minimum Gasteiger partial charge on any atom is -0.490 e. The highest BCUT2D eigenvalue weighted by Crippen LogP contribution is 2.27. The summed E-state index contributed by atoms with van der Waals surface area (Å²) in [6, 6.07) is 7.18. The fourth-order valence-electron chi connectivity index (χ4n) is 1.35. The Bertz CT molecular complexity index is 328. The molecule has 0 aromatic heterocycles. The number of hydrogen-bond acceptors (Lipinski definition) is 4. The van der Waals surface area contributed by atoms with Crippen LogP contribution in [0.1, 0.15) is 20.3 Å². The van der Waals surface area contributed by atoms with Gasteiger partial charge < -0.3 is 20.3 Å². The van der Waals surface area contributed by atoms with E-state index in [0.717, 1.165) is 6.42 Å². The van der Waals surface area contributed by atoms with Gasteiger partial charge in [-0.15, -0.1) is 0 Å². The van der Waals surface area contributed by atoms with Crippen molar-refractivity contribution in [2.75, 3.05) is 13.2 Å². The summed E-state index contributed by atoms with van der Waals surface area (Å²) in [5.41, 5.74) is 5.72. The second kappa shape index (κ2) is 7.14. The SMILES string of the molecule is CCCOc1ccccc1OC(CO)C(C)N. The number of rotatable bonds is 7. The maximum absolute atomic E-state index is 9.18. The summed E-state index contributed by atoms with van der Waals surface area (Å²) in [6.45, 7) is 4.38. The van der Waals surface area contributed by atoms with Crippen molar-refractivity contribution in [2.45, 2.75) is 32.4 Å². The Kier molecular flexibility index (Phi) is 5.80. The summed E-state index contributed by atoms with van der Waals surface area (Å²) >= 11 is 0. The molecular formula is C13H21NO3. The summed E-state index contributed by atoms with van der Waals surface area (Å²) < 4.78 is 11.2. The van der Waals surface area contributed by atoms with Crippen LogP contribution in [0.25, 0.3) is 0 Å². The van der Waals surface area contributed by atoms with Gasteiger partial charge in [-0.05, 0) is 25.5 Å². The number of benzene rings is 1. The molecule has 4 heteroatoms. The lowest BCUT2D eigenvalue weighted by Gasteiger charge is -2.21. The van der Waals surface area contributed by atoms with Gasteiger partial charge in [0, 0.05) is 6.04 Å². The molecule has 4 nitrogen and oxygen atoms in total. The van der Waals surface area contributed by atoms with Crippen LogP contribution in [-0.4, -0.2) is 30.5 Å². The summed E-state index contributed by atoms with van der Waals surface area (Å²) in [5.74, 6) is 1.31. The zero-order chi connectivity index (χ0) is 12.7. The smallest absolute Gasteiger partial charge is 0.161 e. The third-order valence-corrected chi connectivity index (χ3v) is 2.36. The molecule has 0 fully saturated rings. The number of para-hydroxylation sites is 2. The molecule has 17 heavy (non-hydrogen) atoms. The van der Waals surface area contributed by atoms with Gasteiger partial charge in [0.25, 0.3) is 0 Å². The predicted octanol–water partition coefficient (Wildman–Crippen LogP) is 1.56. The van der Waals surface area contributed by atoms with Gasteiger partial charge >= 0.3 is 0 Å². The van der Waals surface area contributed by atoms with Crippen LogP contribution in [0.5, 0.6) is 11.5 Å². The van der Waals surface area contributed by atoms with E-state index in [0.29, 0.717) is 18.1 Å². The van der Waals surface area contributed by atoms with E-state index >= 15 is 0 Å². The molecule has 0 spiro atoms. The molecule has 2 atom stereocenters. The summed E-state index contributed by atoms with van der Waals surface area (Å²) in [5, 5.41) is 9.18. The molecule has 0 heterocycles. The molecule has 0 aliphatic carbocycles. The van der Waals surface area contributed by atoms with Gasteiger partial charge in [-0.25, -0.2) is 0 Å². The number of aliphatic hydroxyl groups excluding tert-OH is 1. The first kappa shape index (κ1) is 13.8. The molecule has 1 aromatic rings. The van der Waals surface area contributed by atoms with Gasteiger partial charge in [0.2, 0.25) is 0 Å². The maximum Gasteiger partial charge on any atom is 0.161 e. The fourth-order valence-corrected chi connectivity index (χ4v) is 1.35. The molecule has 0 aliphatic rings. The fraction of sp³-hybridized carbons (Fsp3) is 0.538. The van der Waals surface area contributed by atoms with E-state index in [1.165, 1.54) is 0 Å². The largest absolute Gasteiger partial charge is 0.490 e. The summed E-state index contributed by atoms with van der Waals surface area (Å²) in [4.78, 5) is 0. The van der Waals surface area contributed by atoms with Crippen molar-refractivity contribution >= 4 is 0 Å². The second-order valence-electron chi connectivity index (χ2n) is 3.99. The molecule has 1 aromatic carbocycles. The molecule has 0 saturated carbocycles. The first-order valence-electron chi connectivity index (χ1n) is 5.94. The molecular weight excluding hydrogens is 218 g/mol. The number of aliphatic hydroxyl groups is 1. The molecule has 96 valence electrons. The Balaban J connectivity index is 2.74. The Morgan fingerprint density at radius 1 is 1.29 bits per heavy atom. The molecule has 2 unspecified atom stereocenters. The number of ether oxygens (including phenoxy) is 2. The zero-order valence-corrected chi connectivity index (χ0v) is 10.4. The lowest BCUT2D eigenvalue weighted by Crippen LogP contribution is -2.39. The first-order chi connectivity index (χ1) is 8.19. The Labute approximate surface area is 102 Å². The molecule has 0 radical (unpaired) electrons. The Morgan fingerprint density at radius 3 is 2.47 bits per heavy atom. The van der Waals surface area contributed by atoms with Crippen LogP contribution in [0.2, 0.25) is 0 Å². The van der Waals surface area contributed by atoms with Gasteiger partial charge in [-0.1, -0.05) is 19.1 Å². The number of hydrogen-bond donors (Lipinski definition) is 2. The van der Waals surface area contributed by atoms with Gasteiger partial charge in [-0.2, -0.15) is 0 Å². The van der Waals surface area contributed by atoms with Crippen molar-refractivity contribution in [1.29, 1.82) is 0 Å². The average molecular weight is 239 g/mol. The Morgan fingerprint density at radius 2 is 1.94 bits per heavy atom. The topological polar surface area (TPSA) is 64.7 Å². The highest BCUT2D eigenvalue weighted by atomic mass is 16.5. The van der Waals surface area contributed by atoms with E-state index in [1.54, 1.807) is 6.92 Å². The van der Waals surface area contributed by atoms with Gasteiger partial charge in [-0.3, -0.25) is 0 Å². The van der Waals surface area contributed by atoms with Crippen LogP contribution in [-0.2, 0) is 0 Å². The van der Waals surface area contributed by atoms with E-state index < -0.39 is 6.10 Å². The van der Waals surface area contributed by atoms with E-state index in [9.17, 15) is 5.11 Å². The van der Waals surface area contributed by atoms with Crippen LogP contribution < -0.4 is 15.2 Å².